The van der Waals surface area contributed by atoms with E-state index < -0.39 is 10.9 Å². The maximum Gasteiger partial charge on any atom is 0.343 e. The summed E-state index contributed by atoms with van der Waals surface area (Å²) < 4.78 is 5.13. The van der Waals surface area contributed by atoms with Crippen molar-refractivity contribution >= 4 is 17.9 Å². The van der Waals surface area contributed by atoms with Crippen molar-refractivity contribution < 1.29 is 19.2 Å². The molecular formula is C15H11NO5. The van der Waals surface area contributed by atoms with Gasteiger partial charge in [-0.25, -0.2) is 4.79 Å². The number of nitrogens with zero attached hydrogens (tertiary/aromatic N) is 1. The molecule has 2 rings (SSSR count). The zero-order chi connectivity index (χ0) is 15.4. The zero-order valence-corrected chi connectivity index (χ0v) is 11.1. The van der Waals surface area contributed by atoms with Gasteiger partial charge in [-0.05, 0) is 43.3 Å². The largest absolute Gasteiger partial charge is 0.423 e. The molecule has 0 fully saturated rings. The Morgan fingerprint density at radius 3 is 2.38 bits per heavy atom. The predicted octanol–water partition coefficient (Wildman–Crippen LogP) is 2.93. The second-order valence-corrected chi connectivity index (χ2v) is 4.33. The van der Waals surface area contributed by atoms with Gasteiger partial charge in [-0.1, -0.05) is 0 Å². The van der Waals surface area contributed by atoms with Crippen LogP contribution in [-0.2, 0) is 0 Å². The third-order valence-electron chi connectivity index (χ3n) is 2.86. The van der Waals surface area contributed by atoms with E-state index in [4.69, 9.17) is 4.74 Å². The molecule has 0 saturated carbocycles. The molecule has 6 heteroatoms. The Balaban J connectivity index is 2.18. The number of rotatable bonds is 4. The lowest BCUT2D eigenvalue weighted by Crippen LogP contribution is -2.09. The topological polar surface area (TPSA) is 86.5 Å². The normalized spacial score (nSPS) is 9.95. The van der Waals surface area contributed by atoms with Gasteiger partial charge >= 0.3 is 5.97 Å². The first-order valence-electron chi connectivity index (χ1n) is 6.03. The number of nitro groups is 1. The van der Waals surface area contributed by atoms with Gasteiger partial charge in [-0.15, -0.1) is 0 Å². The highest BCUT2D eigenvalue weighted by atomic mass is 16.6. The van der Waals surface area contributed by atoms with E-state index >= 15 is 0 Å². The molecule has 2 aromatic carbocycles. The van der Waals surface area contributed by atoms with Gasteiger partial charge in [0.15, 0.2) is 0 Å². The molecule has 0 bridgehead atoms. The van der Waals surface area contributed by atoms with Gasteiger partial charge in [0.1, 0.15) is 12.0 Å². The summed E-state index contributed by atoms with van der Waals surface area (Å²) in [7, 11) is 0. The molecule has 0 aliphatic heterocycles. The van der Waals surface area contributed by atoms with Crippen molar-refractivity contribution in [3.8, 4) is 5.75 Å². The summed E-state index contributed by atoms with van der Waals surface area (Å²) in [5, 5.41) is 10.7. The number of hydrogen-bond acceptors (Lipinski definition) is 5. The molecule has 2 aromatic rings. The van der Waals surface area contributed by atoms with Gasteiger partial charge in [0.05, 0.1) is 10.5 Å². The molecule has 106 valence electrons. The average Bonchev–Trinajstić information content (AvgIpc) is 2.47. The Kier molecular flexibility index (Phi) is 4.08. The van der Waals surface area contributed by atoms with Gasteiger partial charge in [-0.2, -0.15) is 0 Å². The minimum Gasteiger partial charge on any atom is -0.423 e. The number of nitro benzene ring substituents is 1. The van der Waals surface area contributed by atoms with Crippen LogP contribution in [-0.4, -0.2) is 17.2 Å². The first-order valence-corrected chi connectivity index (χ1v) is 6.03. The smallest absolute Gasteiger partial charge is 0.343 e. The van der Waals surface area contributed by atoms with Crippen LogP contribution in [0.2, 0.25) is 0 Å². The number of carbonyl (C=O) groups excluding carboxylic acids is 2. The van der Waals surface area contributed by atoms with E-state index in [0.29, 0.717) is 23.2 Å². The summed E-state index contributed by atoms with van der Waals surface area (Å²) >= 11 is 0. The molecule has 0 radical (unpaired) electrons. The number of ether oxygens (including phenoxy) is 1. The Morgan fingerprint density at radius 1 is 1.19 bits per heavy atom. The van der Waals surface area contributed by atoms with Crippen LogP contribution in [0.25, 0.3) is 0 Å². The molecule has 6 nitrogen and oxygen atoms in total. The maximum atomic E-state index is 11.9. The van der Waals surface area contributed by atoms with Crippen LogP contribution in [0.15, 0.2) is 42.5 Å². The van der Waals surface area contributed by atoms with Crippen molar-refractivity contribution in [3.63, 3.8) is 0 Å². The molecular weight excluding hydrogens is 274 g/mol. The highest BCUT2D eigenvalue weighted by molar-refractivity contribution is 5.91. The number of carbonyl (C=O) groups is 2. The predicted molar refractivity (Wildman–Crippen MR) is 74.6 cm³/mol. The number of esters is 1. The van der Waals surface area contributed by atoms with Crippen LogP contribution in [0, 0.1) is 17.0 Å². The van der Waals surface area contributed by atoms with Gasteiger partial charge in [-0.3, -0.25) is 14.9 Å². The summed E-state index contributed by atoms with van der Waals surface area (Å²) in [6, 6.07) is 10.1. The number of aryl methyl sites for hydroxylation is 1. The summed E-state index contributed by atoms with van der Waals surface area (Å²) in [5.74, 6) is -0.326. The molecule has 0 aromatic heterocycles. The van der Waals surface area contributed by atoms with Crippen molar-refractivity contribution in [1.29, 1.82) is 0 Å². The molecule has 21 heavy (non-hydrogen) atoms. The number of aldehydes is 1. The number of benzene rings is 2. The zero-order valence-electron chi connectivity index (χ0n) is 11.1. The van der Waals surface area contributed by atoms with Crippen LogP contribution in [0.4, 0.5) is 5.69 Å². The SMILES string of the molecule is Cc1cc(C(=O)Oc2ccc(C=O)cc2)ccc1[N+](=O)[O-]. The Hall–Kier alpha value is -3.02. The highest BCUT2D eigenvalue weighted by Gasteiger charge is 2.15. The van der Waals surface area contributed by atoms with Crippen molar-refractivity contribution in [1.82, 2.24) is 0 Å². The highest BCUT2D eigenvalue weighted by Crippen LogP contribution is 2.20. The van der Waals surface area contributed by atoms with E-state index in [1.165, 1.54) is 42.5 Å². The Labute approximate surface area is 120 Å². The van der Waals surface area contributed by atoms with E-state index in [2.05, 4.69) is 0 Å². The second kappa shape index (κ2) is 5.96. The summed E-state index contributed by atoms with van der Waals surface area (Å²) in [4.78, 5) is 32.7. The van der Waals surface area contributed by atoms with E-state index in [9.17, 15) is 19.7 Å². The van der Waals surface area contributed by atoms with E-state index in [0.717, 1.165) is 0 Å². The quantitative estimate of drug-likeness (QED) is 0.283. The molecule has 0 heterocycles. The van der Waals surface area contributed by atoms with Gasteiger partial charge < -0.3 is 4.74 Å². The van der Waals surface area contributed by atoms with E-state index in [1.807, 2.05) is 0 Å². The molecule has 0 atom stereocenters. The first-order chi connectivity index (χ1) is 10.0. The molecule has 0 aliphatic rings. The van der Waals surface area contributed by atoms with Gasteiger partial charge in [0.25, 0.3) is 5.69 Å². The fourth-order valence-corrected chi connectivity index (χ4v) is 1.77. The minimum absolute atomic E-state index is 0.0538. The molecule has 0 aliphatic carbocycles. The molecule has 0 spiro atoms. The second-order valence-electron chi connectivity index (χ2n) is 4.33. The van der Waals surface area contributed by atoms with Crippen molar-refractivity contribution in [2.75, 3.05) is 0 Å². The average molecular weight is 285 g/mol. The fraction of sp³-hybridized carbons (Fsp3) is 0.0667. The van der Waals surface area contributed by atoms with Crippen LogP contribution in [0.1, 0.15) is 26.3 Å². The molecule has 0 saturated heterocycles. The summed E-state index contributed by atoms with van der Waals surface area (Å²) in [5.41, 5.74) is 1.02. The molecule has 0 unspecified atom stereocenters. The molecule has 0 amide bonds. The van der Waals surface area contributed by atoms with E-state index in [-0.39, 0.29) is 11.3 Å². The first kappa shape index (κ1) is 14.4. The lowest BCUT2D eigenvalue weighted by atomic mass is 10.1. The number of hydrogen-bond donors (Lipinski definition) is 0. The van der Waals surface area contributed by atoms with Crippen molar-refractivity contribution in [3.05, 3.63) is 69.3 Å². The lowest BCUT2D eigenvalue weighted by molar-refractivity contribution is -0.385. The Morgan fingerprint density at radius 2 is 1.86 bits per heavy atom. The third-order valence-corrected chi connectivity index (χ3v) is 2.86. The Bertz CT molecular complexity index is 707. The standard InChI is InChI=1S/C15H11NO5/c1-10-8-12(4-7-14(10)16(19)20)15(18)21-13-5-2-11(9-17)3-6-13/h2-9H,1H3. The van der Waals surface area contributed by atoms with Crippen molar-refractivity contribution in [2.24, 2.45) is 0 Å². The van der Waals surface area contributed by atoms with E-state index in [1.54, 1.807) is 6.92 Å². The van der Waals surface area contributed by atoms with Crippen molar-refractivity contribution in [2.45, 2.75) is 6.92 Å². The third kappa shape index (κ3) is 3.30. The summed E-state index contributed by atoms with van der Waals surface area (Å²) in [6.45, 7) is 1.55. The minimum atomic E-state index is -0.619. The fourth-order valence-electron chi connectivity index (χ4n) is 1.77. The van der Waals surface area contributed by atoms with Gasteiger partial charge in [0, 0.05) is 17.2 Å². The summed E-state index contributed by atoms with van der Waals surface area (Å²) in [6.07, 6.45) is 0.686. The lowest BCUT2D eigenvalue weighted by Gasteiger charge is -2.05. The van der Waals surface area contributed by atoms with Crippen LogP contribution >= 0.6 is 0 Å². The molecule has 0 N–H and O–H groups in total. The van der Waals surface area contributed by atoms with Crippen LogP contribution in [0.5, 0.6) is 5.75 Å². The maximum absolute atomic E-state index is 11.9. The van der Waals surface area contributed by atoms with Gasteiger partial charge in [0.2, 0.25) is 0 Å². The van der Waals surface area contributed by atoms with Crippen LogP contribution < -0.4 is 4.74 Å². The monoisotopic (exact) mass is 285 g/mol. The van der Waals surface area contributed by atoms with Crippen LogP contribution in [0.3, 0.4) is 0 Å².